The molecule has 0 saturated carbocycles. The van der Waals surface area contributed by atoms with Gasteiger partial charge in [0.2, 0.25) is 5.69 Å². The molecule has 4 nitrogen and oxygen atoms in total. The fraction of sp³-hybridized carbons (Fsp3) is 0.250. The van der Waals surface area contributed by atoms with Gasteiger partial charge in [0.25, 0.3) is 0 Å². The molecule has 28 heavy (non-hydrogen) atoms. The van der Waals surface area contributed by atoms with Crippen molar-refractivity contribution >= 4 is 29.1 Å². The van der Waals surface area contributed by atoms with Crippen LogP contribution >= 0.6 is 0 Å². The summed E-state index contributed by atoms with van der Waals surface area (Å²) in [7, 11) is 1.45. The quantitative estimate of drug-likeness (QED) is 0.486. The molecule has 0 N–H and O–H groups in total. The third-order valence-electron chi connectivity index (χ3n) is 5.34. The van der Waals surface area contributed by atoms with Crippen LogP contribution in [0.1, 0.15) is 29.9 Å². The van der Waals surface area contributed by atoms with Gasteiger partial charge in [-0.25, -0.2) is 4.58 Å². The summed E-state index contributed by atoms with van der Waals surface area (Å²) in [6, 6.07) is 20.2. The van der Waals surface area contributed by atoms with Gasteiger partial charge in [-0.1, -0.05) is 48.5 Å². The molecule has 4 heteroatoms. The van der Waals surface area contributed by atoms with Gasteiger partial charge in [0.1, 0.15) is 25.6 Å². The SMILES string of the molecule is C=[N+]1CCCC(C(=O)OC)c2cc(OCc3ccccc3)c3ccccc3c21. The molecule has 1 atom stereocenters. The van der Waals surface area contributed by atoms with E-state index in [4.69, 9.17) is 9.47 Å². The molecule has 0 amide bonds. The molecule has 1 unspecified atom stereocenters. The highest BCUT2D eigenvalue weighted by Crippen LogP contribution is 2.43. The van der Waals surface area contributed by atoms with Crippen LogP contribution < -0.4 is 4.74 Å². The molecule has 1 heterocycles. The molecule has 142 valence electrons. The monoisotopic (exact) mass is 374 g/mol. The van der Waals surface area contributed by atoms with E-state index in [9.17, 15) is 4.79 Å². The van der Waals surface area contributed by atoms with Crippen molar-refractivity contribution in [2.75, 3.05) is 13.7 Å². The predicted octanol–water partition coefficient (Wildman–Crippen LogP) is 4.81. The number of esters is 1. The Morgan fingerprint density at radius 1 is 1.11 bits per heavy atom. The van der Waals surface area contributed by atoms with Crippen LogP contribution in [0.25, 0.3) is 10.8 Å². The Hall–Kier alpha value is -3.14. The molecule has 0 fully saturated rings. The first-order valence-corrected chi connectivity index (χ1v) is 9.57. The number of hydrogen-bond acceptors (Lipinski definition) is 3. The molecular formula is C24H24NO3+. The first-order chi connectivity index (χ1) is 13.7. The zero-order valence-electron chi connectivity index (χ0n) is 16.1. The zero-order valence-corrected chi connectivity index (χ0v) is 16.1. The molecule has 0 saturated heterocycles. The van der Waals surface area contributed by atoms with E-state index < -0.39 is 0 Å². The lowest BCUT2D eigenvalue weighted by atomic mass is 9.91. The minimum Gasteiger partial charge on any atom is -0.488 e. The number of fused-ring (bicyclic) bond motifs is 3. The highest BCUT2D eigenvalue weighted by molar-refractivity contribution is 5.98. The summed E-state index contributed by atoms with van der Waals surface area (Å²) in [5.74, 6) is 0.263. The first kappa shape index (κ1) is 18.2. The molecule has 3 aromatic rings. The fourth-order valence-corrected chi connectivity index (χ4v) is 3.96. The smallest absolute Gasteiger partial charge is 0.313 e. The van der Waals surface area contributed by atoms with Crippen LogP contribution in [0.4, 0.5) is 5.69 Å². The van der Waals surface area contributed by atoms with Crippen LogP contribution in [0, 0.1) is 0 Å². The maximum absolute atomic E-state index is 12.5. The van der Waals surface area contributed by atoms with Gasteiger partial charge in [-0.3, -0.25) is 4.79 Å². The minimum atomic E-state index is -0.310. The van der Waals surface area contributed by atoms with Crippen molar-refractivity contribution < 1.29 is 18.8 Å². The predicted molar refractivity (Wildman–Crippen MR) is 111 cm³/mol. The molecule has 0 aliphatic carbocycles. The number of nitrogens with zero attached hydrogens (tertiary/aromatic N) is 1. The van der Waals surface area contributed by atoms with E-state index >= 15 is 0 Å². The zero-order chi connectivity index (χ0) is 19.5. The van der Waals surface area contributed by atoms with Crippen molar-refractivity contribution in [3.05, 3.63) is 71.8 Å². The van der Waals surface area contributed by atoms with Gasteiger partial charge in [-0.05, 0) is 24.1 Å². The molecule has 0 spiro atoms. The van der Waals surface area contributed by atoms with E-state index in [-0.39, 0.29) is 11.9 Å². The average Bonchev–Trinajstić information content (AvgIpc) is 2.91. The van der Waals surface area contributed by atoms with Crippen LogP contribution in [0.15, 0.2) is 60.7 Å². The van der Waals surface area contributed by atoms with Crippen molar-refractivity contribution in [2.45, 2.75) is 25.4 Å². The van der Waals surface area contributed by atoms with Crippen molar-refractivity contribution in [1.82, 2.24) is 0 Å². The largest absolute Gasteiger partial charge is 0.488 e. The van der Waals surface area contributed by atoms with Gasteiger partial charge in [0, 0.05) is 17.4 Å². The maximum atomic E-state index is 12.5. The summed E-state index contributed by atoms with van der Waals surface area (Å²) in [5, 5.41) is 2.07. The second kappa shape index (κ2) is 7.85. The number of rotatable bonds is 4. The second-order valence-electron chi connectivity index (χ2n) is 7.11. The summed E-state index contributed by atoms with van der Waals surface area (Å²) in [4.78, 5) is 12.5. The van der Waals surface area contributed by atoms with Crippen molar-refractivity contribution in [2.24, 2.45) is 0 Å². The van der Waals surface area contributed by atoms with Crippen LogP contribution in [0.2, 0.25) is 0 Å². The van der Waals surface area contributed by atoms with Crippen LogP contribution in [0.5, 0.6) is 5.75 Å². The lowest BCUT2D eigenvalue weighted by molar-refractivity contribution is -0.429. The molecule has 3 aromatic carbocycles. The molecule has 1 aliphatic heterocycles. The number of carbonyl (C=O) groups is 1. The van der Waals surface area contributed by atoms with Gasteiger partial charge in [0.15, 0.2) is 0 Å². The third-order valence-corrected chi connectivity index (χ3v) is 5.34. The lowest BCUT2D eigenvalue weighted by Crippen LogP contribution is -2.14. The molecule has 4 rings (SSSR count). The Balaban J connectivity index is 1.85. The van der Waals surface area contributed by atoms with Gasteiger partial charge < -0.3 is 9.47 Å². The normalized spacial score (nSPS) is 16.3. The highest BCUT2D eigenvalue weighted by atomic mass is 16.5. The van der Waals surface area contributed by atoms with Gasteiger partial charge in [0.05, 0.1) is 18.4 Å². The Labute approximate surface area is 165 Å². The average molecular weight is 374 g/mol. The van der Waals surface area contributed by atoms with Gasteiger partial charge in [-0.15, -0.1) is 0 Å². The summed E-state index contributed by atoms with van der Waals surface area (Å²) >= 11 is 0. The Bertz CT molecular complexity index is 1030. The number of carbonyl (C=O) groups excluding carboxylic acids is 1. The summed E-state index contributed by atoms with van der Waals surface area (Å²) in [6.07, 6.45) is 1.62. The lowest BCUT2D eigenvalue weighted by Gasteiger charge is -2.17. The highest BCUT2D eigenvalue weighted by Gasteiger charge is 2.33. The van der Waals surface area contributed by atoms with E-state index in [0.717, 1.165) is 52.7 Å². The molecule has 1 aliphatic rings. The maximum Gasteiger partial charge on any atom is 0.313 e. The molecule has 0 bridgehead atoms. The molecule has 0 aromatic heterocycles. The number of ether oxygens (including phenoxy) is 2. The van der Waals surface area contributed by atoms with Crippen molar-refractivity contribution in [1.29, 1.82) is 0 Å². The summed E-state index contributed by atoms with van der Waals surface area (Å²) in [6.45, 7) is 5.51. The van der Waals surface area contributed by atoms with E-state index in [0.29, 0.717) is 6.61 Å². The molecular weight excluding hydrogens is 350 g/mol. The second-order valence-corrected chi connectivity index (χ2v) is 7.11. The summed E-state index contributed by atoms with van der Waals surface area (Å²) in [5.41, 5.74) is 3.03. The number of hydrogen-bond donors (Lipinski definition) is 0. The first-order valence-electron chi connectivity index (χ1n) is 9.57. The van der Waals surface area contributed by atoms with Gasteiger partial charge >= 0.3 is 5.97 Å². The topological polar surface area (TPSA) is 38.5 Å². The van der Waals surface area contributed by atoms with Crippen LogP contribution in [-0.4, -0.2) is 30.9 Å². The van der Waals surface area contributed by atoms with E-state index in [1.807, 2.05) is 53.1 Å². The fourth-order valence-electron chi connectivity index (χ4n) is 3.96. The van der Waals surface area contributed by atoms with Gasteiger partial charge in [-0.2, -0.15) is 0 Å². The number of benzene rings is 3. The Morgan fingerprint density at radius 3 is 2.57 bits per heavy atom. The standard InChI is InChI=1S/C24H24NO3/c1-25-14-8-13-20(24(26)27-2)21-15-22(28-16-17-9-4-3-5-10-17)18-11-6-7-12-19(18)23(21)25/h3-7,9-12,15,20H,1,8,13-14,16H2,2H3/q+1. The van der Waals surface area contributed by atoms with E-state index in [1.165, 1.54) is 7.11 Å². The minimum absolute atomic E-state index is 0.208. The Morgan fingerprint density at radius 2 is 1.82 bits per heavy atom. The third kappa shape index (κ3) is 3.38. The number of methoxy groups -OCH3 is 1. The van der Waals surface area contributed by atoms with E-state index in [1.54, 1.807) is 0 Å². The van der Waals surface area contributed by atoms with E-state index in [2.05, 4.69) is 18.9 Å². The van der Waals surface area contributed by atoms with Crippen LogP contribution in [-0.2, 0) is 16.1 Å². The molecule has 0 radical (unpaired) electrons. The Kier molecular flexibility index (Phi) is 5.11. The van der Waals surface area contributed by atoms with Crippen molar-refractivity contribution in [3.63, 3.8) is 0 Å². The van der Waals surface area contributed by atoms with Crippen molar-refractivity contribution in [3.8, 4) is 5.75 Å². The summed E-state index contributed by atoms with van der Waals surface area (Å²) < 4.78 is 13.3. The van der Waals surface area contributed by atoms with Crippen LogP contribution in [0.3, 0.4) is 0 Å².